The number of rotatable bonds is 3. The van der Waals surface area contributed by atoms with Crippen LogP contribution in [-0.4, -0.2) is 26.6 Å². The van der Waals surface area contributed by atoms with Crippen molar-refractivity contribution in [3.63, 3.8) is 0 Å². The van der Waals surface area contributed by atoms with Gasteiger partial charge in [0, 0.05) is 25.1 Å². The Morgan fingerprint density at radius 1 is 1.17 bits per heavy atom. The van der Waals surface area contributed by atoms with E-state index in [0.717, 1.165) is 31.5 Å². The van der Waals surface area contributed by atoms with Crippen LogP contribution in [0.2, 0.25) is 5.02 Å². The van der Waals surface area contributed by atoms with Crippen molar-refractivity contribution in [3.8, 4) is 11.5 Å². The molecule has 1 fully saturated rings. The van der Waals surface area contributed by atoms with E-state index in [1.54, 1.807) is 20.3 Å². The van der Waals surface area contributed by atoms with Crippen LogP contribution < -0.4 is 14.4 Å². The van der Waals surface area contributed by atoms with E-state index in [0.29, 0.717) is 22.4 Å². The Kier molecular flexibility index (Phi) is 3.97. The molecular weight excluding hydrogens is 252 g/mol. The molecule has 0 radical (unpaired) electrons. The second-order valence-electron chi connectivity index (χ2n) is 4.21. The van der Waals surface area contributed by atoms with E-state index in [9.17, 15) is 0 Å². The van der Waals surface area contributed by atoms with Gasteiger partial charge in [-0.2, -0.15) is 0 Å². The number of halogens is 1. The van der Waals surface area contributed by atoms with E-state index in [4.69, 9.17) is 26.5 Å². The summed E-state index contributed by atoms with van der Waals surface area (Å²) in [6.45, 7) is 0.833. The van der Waals surface area contributed by atoms with Crippen LogP contribution in [0.25, 0.3) is 0 Å². The van der Waals surface area contributed by atoms with E-state index in [1.807, 2.05) is 11.0 Å². The predicted octanol–water partition coefficient (Wildman–Crippen LogP) is 3.32. The average Bonchev–Trinajstić information content (AvgIpc) is 2.39. The second-order valence-corrected chi connectivity index (χ2v) is 4.62. The third kappa shape index (κ3) is 2.38. The van der Waals surface area contributed by atoms with Crippen LogP contribution >= 0.6 is 11.6 Å². The number of hydrogen-bond donors (Lipinski definition) is 1. The van der Waals surface area contributed by atoms with Gasteiger partial charge in [-0.15, -0.1) is 0 Å². The number of nitrogens with one attached hydrogen (secondary N) is 1. The van der Waals surface area contributed by atoms with Gasteiger partial charge >= 0.3 is 0 Å². The Bertz CT molecular complexity index is 463. The SMILES string of the molecule is COc1cc(N2CCCCC2=N)c(OC)cc1Cl. The van der Waals surface area contributed by atoms with Crippen LogP contribution in [0.15, 0.2) is 12.1 Å². The maximum atomic E-state index is 8.03. The monoisotopic (exact) mass is 268 g/mol. The lowest BCUT2D eigenvalue weighted by atomic mass is 10.1. The lowest BCUT2D eigenvalue weighted by molar-refractivity contribution is 0.403. The number of amidine groups is 1. The van der Waals surface area contributed by atoms with Gasteiger partial charge in [-0.1, -0.05) is 11.6 Å². The number of hydrogen-bond acceptors (Lipinski definition) is 3. The minimum atomic E-state index is 0.515. The summed E-state index contributed by atoms with van der Waals surface area (Å²) in [6, 6.07) is 3.57. The first-order valence-electron chi connectivity index (χ1n) is 5.94. The first kappa shape index (κ1) is 13.0. The van der Waals surface area contributed by atoms with Crippen LogP contribution in [0, 0.1) is 5.41 Å². The molecule has 1 N–H and O–H groups in total. The van der Waals surface area contributed by atoms with Gasteiger partial charge in [0.05, 0.1) is 24.9 Å². The zero-order chi connectivity index (χ0) is 13.1. The summed E-state index contributed by atoms with van der Waals surface area (Å²) in [7, 11) is 3.19. The number of methoxy groups -OCH3 is 2. The van der Waals surface area contributed by atoms with Crippen molar-refractivity contribution in [1.29, 1.82) is 5.41 Å². The highest BCUT2D eigenvalue weighted by atomic mass is 35.5. The van der Waals surface area contributed by atoms with E-state index in [-0.39, 0.29) is 0 Å². The summed E-state index contributed by atoms with van der Waals surface area (Å²) in [5, 5.41) is 8.55. The molecule has 0 atom stereocenters. The topological polar surface area (TPSA) is 45.5 Å². The molecule has 0 unspecified atom stereocenters. The molecular formula is C13H17ClN2O2. The van der Waals surface area contributed by atoms with Gasteiger partial charge < -0.3 is 14.4 Å². The zero-order valence-corrected chi connectivity index (χ0v) is 11.4. The Hall–Kier alpha value is -1.42. The average molecular weight is 269 g/mol. The molecule has 0 bridgehead atoms. The van der Waals surface area contributed by atoms with E-state index in [1.165, 1.54) is 0 Å². The van der Waals surface area contributed by atoms with Crippen molar-refractivity contribution in [2.75, 3.05) is 25.7 Å². The third-order valence-corrected chi connectivity index (χ3v) is 3.41. The molecule has 0 saturated carbocycles. The maximum absolute atomic E-state index is 8.03. The van der Waals surface area contributed by atoms with Gasteiger partial charge in [-0.25, -0.2) is 0 Å². The summed E-state index contributed by atoms with van der Waals surface area (Å²) < 4.78 is 10.6. The summed E-state index contributed by atoms with van der Waals surface area (Å²) in [5.74, 6) is 1.89. The lowest BCUT2D eigenvalue weighted by Crippen LogP contribution is -2.35. The number of piperidine rings is 1. The molecule has 1 aromatic rings. The van der Waals surface area contributed by atoms with Crippen molar-refractivity contribution in [2.45, 2.75) is 19.3 Å². The highest BCUT2D eigenvalue weighted by Gasteiger charge is 2.21. The summed E-state index contributed by atoms with van der Waals surface area (Å²) in [4.78, 5) is 1.96. The van der Waals surface area contributed by atoms with Gasteiger partial charge in [0.1, 0.15) is 17.3 Å². The van der Waals surface area contributed by atoms with Crippen LogP contribution in [0.1, 0.15) is 19.3 Å². The molecule has 1 aromatic carbocycles. The van der Waals surface area contributed by atoms with Crippen LogP contribution in [0.5, 0.6) is 11.5 Å². The van der Waals surface area contributed by atoms with Gasteiger partial charge in [-0.05, 0) is 12.8 Å². The number of nitrogens with zero attached hydrogens (tertiary/aromatic N) is 1. The minimum absolute atomic E-state index is 0.515. The van der Waals surface area contributed by atoms with Gasteiger partial charge in [0.25, 0.3) is 0 Å². The standard InChI is InChI=1S/C13H17ClN2O2/c1-17-11-8-10(12(18-2)7-9(11)14)16-6-4-3-5-13(16)15/h7-8,15H,3-6H2,1-2H3. The number of ether oxygens (including phenoxy) is 2. The van der Waals surface area contributed by atoms with E-state index in [2.05, 4.69) is 0 Å². The molecule has 2 rings (SSSR count). The zero-order valence-electron chi connectivity index (χ0n) is 10.6. The molecule has 0 spiro atoms. The molecule has 0 aliphatic carbocycles. The van der Waals surface area contributed by atoms with Crippen LogP contribution in [0.4, 0.5) is 5.69 Å². The first-order valence-corrected chi connectivity index (χ1v) is 6.31. The molecule has 0 amide bonds. The van der Waals surface area contributed by atoms with Crippen molar-refractivity contribution in [2.24, 2.45) is 0 Å². The second kappa shape index (κ2) is 5.48. The molecule has 18 heavy (non-hydrogen) atoms. The van der Waals surface area contributed by atoms with Gasteiger partial charge in [0.15, 0.2) is 0 Å². The molecule has 1 saturated heterocycles. The first-order chi connectivity index (χ1) is 8.67. The highest BCUT2D eigenvalue weighted by molar-refractivity contribution is 6.32. The minimum Gasteiger partial charge on any atom is -0.495 e. The van der Waals surface area contributed by atoms with Crippen molar-refractivity contribution in [1.82, 2.24) is 0 Å². The highest BCUT2D eigenvalue weighted by Crippen LogP contribution is 2.39. The van der Waals surface area contributed by atoms with Gasteiger partial charge in [-0.3, -0.25) is 5.41 Å². The van der Waals surface area contributed by atoms with Crippen LogP contribution in [-0.2, 0) is 0 Å². The van der Waals surface area contributed by atoms with Crippen molar-refractivity contribution < 1.29 is 9.47 Å². The summed E-state index contributed by atoms with van der Waals surface area (Å²) in [6.07, 6.45) is 2.95. The molecule has 5 heteroatoms. The quantitative estimate of drug-likeness (QED) is 0.915. The molecule has 4 nitrogen and oxygen atoms in total. The smallest absolute Gasteiger partial charge is 0.144 e. The number of benzene rings is 1. The summed E-state index contributed by atoms with van der Waals surface area (Å²) >= 11 is 6.08. The Morgan fingerprint density at radius 2 is 1.89 bits per heavy atom. The fraction of sp³-hybridized carbons (Fsp3) is 0.462. The Labute approximate surface area is 112 Å². The Morgan fingerprint density at radius 3 is 2.50 bits per heavy atom. The predicted molar refractivity (Wildman–Crippen MR) is 73.5 cm³/mol. The number of anilines is 1. The van der Waals surface area contributed by atoms with Crippen LogP contribution in [0.3, 0.4) is 0 Å². The normalized spacial score (nSPS) is 15.7. The van der Waals surface area contributed by atoms with E-state index < -0.39 is 0 Å². The Balaban J connectivity index is 2.44. The lowest BCUT2D eigenvalue weighted by Gasteiger charge is -2.30. The maximum Gasteiger partial charge on any atom is 0.144 e. The molecule has 1 heterocycles. The summed E-state index contributed by atoms with van der Waals surface area (Å²) in [5.41, 5.74) is 0.850. The van der Waals surface area contributed by atoms with Crippen molar-refractivity contribution >= 4 is 23.1 Å². The fourth-order valence-electron chi connectivity index (χ4n) is 2.15. The largest absolute Gasteiger partial charge is 0.495 e. The third-order valence-electron chi connectivity index (χ3n) is 3.12. The molecule has 1 aliphatic heterocycles. The molecule has 98 valence electrons. The molecule has 1 aliphatic rings. The van der Waals surface area contributed by atoms with E-state index >= 15 is 0 Å². The fourth-order valence-corrected chi connectivity index (χ4v) is 2.38. The molecule has 0 aromatic heterocycles. The van der Waals surface area contributed by atoms with Crippen molar-refractivity contribution in [3.05, 3.63) is 17.2 Å². The van der Waals surface area contributed by atoms with Gasteiger partial charge in [0.2, 0.25) is 0 Å².